The number of aliphatic hydroxyl groups excluding tert-OH is 1. The third kappa shape index (κ3) is 2.38. The van der Waals surface area contributed by atoms with Crippen molar-refractivity contribution in [1.82, 2.24) is 0 Å². The van der Waals surface area contributed by atoms with Crippen molar-refractivity contribution in [2.75, 3.05) is 13.7 Å². The molecule has 0 aromatic heterocycles. The molecule has 1 saturated heterocycles. The Morgan fingerprint density at radius 2 is 1.94 bits per heavy atom. The predicted molar refractivity (Wildman–Crippen MR) is 70.9 cm³/mol. The Hall–Kier alpha value is -1.06. The minimum Gasteiger partial charge on any atom is -0.496 e. The van der Waals surface area contributed by atoms with Gasteiger partial charge in [-0.05, 0) is 56.0 Å². The second kappa shape index (κ2) is 5.29. The number of ether oxygens (including phenoxy) is 2. The monoisotopic (exact) mass is 250 g/mol. The third-order valence-electron chi connectivity index (χ3n) is 3.87. The van der Waals surface area contributed by atoms with Gasteiger partial charge in [-0.3, -0.25) is 0 Å². The van der Waals surface area contributed by atoms with Gasteiger partial charge in [-0.1, -0.05) is 0 Å². The average molecular weight is 250 g/mol. The number of benzene rings is 1. The van der Waals surface area contributed by atoms with Crippen LogP contribution in [0.15, 0.2) is 12.1 Å². The lowest BCUT2D eigenvalue weighted by atomic mass is 9.89. The Morgan fingerprint density at radius 3 is 2.39 bits per heavy atom. The van der Waals surface area contributed by atoms with Crippen LogP contribution < -0.4 is 4.74 Å². The largest absolute Gasteiger partial charge is 0.496 e. The Balaban J connectivity index is 2.28. The molecule has 3 atom stereocenters. The van der Waals surface area contributed by atoms with Gasteiger partial charge in [0.25, 0.3) is 0 Å². The summed E-state index contributed by atoms with van der Waals surface area (Å²) >= 11 is 0. The summed E-state index contributed by atoms with van der Waals surface area (Å²) in [6.45, 7) is 6.80. The van der Waals surface area contributed by atoms with Crippen LogP contribution in [0.2, 0.25) is 0 Å². The number of hydrogen-bond acceptors (Lipinski definition) is 3. The fourth-order valence-electron chi connectivity index (χ4n) is 2.89. The molecule has 0 spiro atoms. The molecule has 0 amide bonds. The van der Waals surface area contributed by atoms with E-state index in [0.717, 1.165) is 35.5 Å². The van der Waals surface area contributed by atoms with Crippen molar-refractivity contribution >= 4 is 0 Å². The van der Waals surface area contributed by atoms with E-state index in [9.17, 15) is 5.11 Å². The van der Waals surface area contributed by atoms with Gasteiger partial charge in [-0.15, -0.1) is 0 Å². The van der Waals surface area contributed by atoms with Crippen molar-refractivity contribution in [3.63, 3.8) is 0 Å². The Kier molecular flexibility index (Phi) is 3.93. The summed E-state index contributed by atoms with van der Waals surface area (Å²) in [5, 5.41) is 10.5. The van der Waals surface area contributed by atoms with Gasteiger partial charge in [0.1, 0.15) is 5.75 Å². The highest BCUT2D eigenvalue weighted by molar-refractivity contribution is 5.44. The Labute approximate surface area is 109 Å². The van der Waals surface area contributed by atoms with Crippen LogP contribution in [0.1, 0.15) is 36.1 Å². The Bertz CT molecular complexity index is 405. The highest BCUT2D eigenvalue weighted by Gasteiger charge is 2.32. The molecule has 18 heavy (non-hydrogen) atoms. The molecule has 1 fully saturated rings. The second-order valence-electron chi connectivity index (χ2n) is 5.16. The van der Waals surface area contributed by atoms with Crippen LogP contribution in [-0.2, 0) is 4.74 Å². The molecule has 1 aliphatic rings. The summed E-state index contributed by atoms with van der Waals surface area (Å²) in [4.78, 5) is 0. The van der Waals surface area contributed by atoms with Crippen molar-refractivity contribution in [3.8, 4) is 5.75 Å². The lowest BCUT2D eigenvalue weighted by Crippen LogP contribution is -2.20. The molecule has 1 N–H and O–H groups in total. The van der Waals surface area contributed by atoms with E-state index in [2.05, 4.69) is 0 Å². The SMILES string of the molecule is COc1c(C)cc(C(O)C2CCOC2C)cc1C. The molecule has 1 aliphatic heterocycles. The van der Waals surface area contributed by atoms with Gasteiger partial charge < -0.3 is 14.6 Å². The van der Waals surface area contributed by atoms with Crippen LogP contribution in [0, 0.1) is 19.8 Å². The van der Waals surface area contributed by atoms with Crippen molar-refractivity contribution in [2.24, 2.45) is 5.92 Å². The van der Waals surface area contributed by atoms with Gasteiger partial charge in [0, 0.05) is 12.5 Å². The molecule has 2 rings (SSSR count). The van der Waals surface area contributed by atoms with Crippen LogP contribution in [0.25, 0.3) is 0 Å². The van der Waals surface area contributed by atoms with E-state index in [1.807, 2.05) is 32.9 Å². The zero-order chi connectivity index (χ0) is 13.3. The molecular weight excluding hydrogens is 228 g/mol. The smallest absolute Gasteiger partial charge is 0.124 e. The molecule has 3 unspecified atom stereocenters. The molecule has 3 heteroatoms. The standard InChI is InChI=1S/C15H22O3/c1-9-7-12(8-10(2)15(9)17-4)14(16)13-5-6-18-11(13)3/h7-8,11,13-14,16H,5-6H2,1-4H3. The highest BCUT2D eigenvalue weighted by Crippen LogP contribution is 2.35. The topological polar surface area (TPSA) is 38.7 Å². The zero-order valence-corrected chi connectivity index (χ0v) is 11.6. The molecule has 1 aromatic carbocycles. The number of rotatable bonds is 3. The second-order valence-corrected chi connectivity index (χ2v) is 5.16. The lowest BCUT2D eigenvalue weighted by Gasteiger charge is -2.22. The van der Waals surface area contributed by atoms with E-state index in [1.54, 1.807) is 7.11 Å². The lowest BCUT2D eigenvalue weighted by molar-refractivity contribution is 0.0431. The highest BCUT2D eigenvalue weighted by atomic mass is 16.5. The van der Waals surface area contributed by atoms with Crippen LogP contribution in [0.3, 0.4) is 0 Å². The molecule has 1 aromatic rings. The molecule has 0 radical (unpaired) electrons. The zero-order valence-electron chi connectivity index (χ0n) is 11.6. The van der Waals surface area contributed by atoms with Crippen molar-refractivity contribution in [3.05, 3.63) is 28.8 Å². The first-order valence-electron chi connectivity index (χ1n) is 6.49. The van der Waals surface area contributed by atoms with Gasteiger partial charge in [-0.25, -0.2) is 0 Å². The number of hydrogen-bond donors (Lipinski definition) is 1. The summed E-state index contributed by atoms with van der Waals surface area (Å²) in [5.41, 5.74) is 3.10. The fraction of sp³-hybridized carbons (Fsp3) is 0.600. The molecule has 3 nitrogen and oxygen atoms in total. The maximum atomic E-state index is 10.5. The van der Waals surface area contributed by atoms with Gasteiger partial charge >= 0.3 is 0 Å². The number of aryl methyl sites for hydroxylation is 2. The first kappa shape index (κ1) is 13.4. The van der Waals surface area contributed by atoms with Crippen LogP contribution >= 0.6 is 0 Å². The van der Waals surface area contributed by atoms with Gasteiger partial charge in [0.15, 0.2) is 0 Å². The molecular formula is C15H22O3. The minimum absolute atomic E-state index is 0.128. The maximum Gasteiger partial charge on any atom is 0.124 e. The third-order valence-corrected chi connectivity index (χ3v) is 3.87. The molecule has 0 bridgehead atoms. The van der Waals surface area contributed by atoms with Gasteiger partial charge in [0.2, 0.25) is 0 Å². The van der Waals surface area contributed by atoms with E-state index >= 15 is 0 Å². The van der Waals surface area contributed by atoms with Crippen molar-refractivity contribution < 1.29 is 14.6 Å². The molecule has 0 saturated carbocycles. The van der Waals surface area contributed by atoms with Crippen molar-refractivity contribution in [1.29, 1.82) is 0 Å². The minimum atomic E-state index is -0.453. The van der Waals surface area contributed by atoms with Crippen LogP contribution in [0.4, 0.5) is 0 Å². The van der Waals surface area contributed by atoms with Gasteiger partial charge in [0.05, 0.1) is 19.3 Å². The quantitative estimate of drug-likeness (QED) is 0.896. The van der Waals surface area contributed by atoms with E-state index in [0.29, 0.717) is 0 Å². The fourth-order valence-corrected chi connectivity index (χ4v) is 2.89. The van der Waals surface area contributed by atoms with E-state index in [4.69, 9.17) is 9.47 Å². The number of aliphatic hydroxyl groups is 1. The average Bonchev–Trinajstić information content (AvgIpc) is 2.74. The normalized spacial score (nSPS) is 25.2. The van der Waals surface area contributed by atoms with E-state index < -0.39 is 6.10 Å². The first-order valence-corrected chi connectivity index (χ1v) is 6.49. The van der Waals surface area contributed by atoms with Crippen LogP contribution in [0.5, 0.6) is 5.75 Å². The predicted octanol–water partition coefficient (Wildman–Crippen LogP) is 2.77. The maximum absolute atomic E-state index is 10.5. The molecule has 1 heterocycles. The summed E-state index contributed by atoms with van der Waals surface area (Å²) in [7, 11) is 1.68. The van der Waals surface area contributed by atoms with Crippen LogP contribution in [-0.4, -0.2) is 24.9 Å². The first-order chi connectivity index (χ1) is 8.54. The summed E-state index contributed by atoms with van der Waals surface area (Å²) in [6.07, 6.45) is 0.598. The van der Waals surface area contributed by atoms with Gasteiger partial charge in [-0.2, -0.15) is 0 Å². The summed E-state index contributed by atoms with van der Waals surface area (Å²) in [5.74, 6) is 1.10. The van der Waals surface area contributed by atoms with E-state index in [1.165, 1.54) is 0 Å². The summed E-state index contributed by atoms with van der Waals surface area (Å²) in [6, 6.07) is 4.03. The number of methoxy groups -OCH3 is 1. The molecule has 0 aliphatic carbocycles. The summed E-state index contributed by atoms with van der Waals surface area (Å²) < 4.78 is 10.9. The van der Waals surface area contributed by atoms with Crippen molar-refractivity contribution in [2.45, 2.75) is 39.4 Å². The molecule has 100 valence electrons. The Morgan fingerprint density at radius 1 is 1.33 bits per heavy atom. The van der Waals surface area contributed by atoms with E-state index in [-0.39, 0.29) is 12.0 Å².